The summed E-state index contributed by atoms with van der Waals surface area (Å²) in [6, 6.07) is 1.72. The molecule has 1 aromatic rings. The lowest BCUT2D eigenvalue weighted by molar-refractivity contribution is 0.321. The van der Waals surface area contributed by atoms with Crippen molar-refractivity contribution in [1.82, 2.24) is 9.97 Å². The fourth-order valence-electron chi connectivity index (χ4n) is 0.605. The molecule has 0 saturated carbocycles. The molecule has 1 rings (SSSR count). The summed E-state index contributed by atoms with van der Waals surface area (Å²) in [5.74, 6) is 0. The van der Waals surface area contributed by atoms with Gasteiger partial charge in [-0.1, -0.05) is 5.16 Å². The van der Waals surface area contributed by atoms with Crippen LogP contribution >= 0.6 is 0 Å². The zero-order valence-corrected chi connectivity index (χ0v) is 5.52. The van der Waals surface area contributed by atoms with Gasteiger partial charge in [0, 0.05) is 5.69 Å². The SMILES string of the molecule is Cc1cc(C=NO)ncn1. The molecule has 1 heterocycles. The molecule has 4 heteroatoms. The van der Waals surface area contributed by atoms with E-state index in [0.29, 0.717) is 5.69 Å². The summed E-state index contributed by atoms with van der Waals surface area (Å²) in [7, 11) is 0. The van der Waals surface area contributed by atoms with Crippen LogP contribution in [0.4, 0.5) is 0 Å². The Kier molecular flexibility index (Phi) is 1.94. The van der Waals surface area contributed by atoms with Crippen LogP contribution in [0.15, 0.2) is 17.5 Å². The van der Waals surface area contributed by atoms with Gasteiger partial charge >= 0.3 is 0 Å². The van der Waals surface area contributed by atoms with Crippen LogP contribution in [0.25, 0.3) is 0 Å². The van der Waals surface area contributed by atoms with Gasteiger partial charge in [0.2, 0.25) is 0 Å². The van der Waals surface area contributed by atoms with Gasteiger partial charge in [0.15, 0.2) is 0 Å². The molecule has 1 N–H and O–H groups in total. The second-order valence-corrected chi connectivity index (χ2v) is 1.83. The lowest BCUT2D eigenvalue weighted by atomic mass is 10.3. The van der Waals surface area contributed by atoms with E-state index in [4.69, 9.17) is 5.21 Å². The van der Waals surface area contributed by atoms with E-state index in [2.05, 4.69) is 15.1 Å². The molecule has 0 spiro atoms. The summed E-state index contributed by atoms with van der Waals surface area (Å²) in [6.07, 6.45) is 2.68. The Morgan fingerprint density at radius 3 is 3.00 bits per heavy atom. The number of aryl methyl sites for hydroxylation is 1. The Morgan fingerprint density at radius 2 is 2.40 bits per heavy atom. The molecule has 0 radical (unpaired) electrons. The van der Waals surface area contributed by atoms with Crippen LogP contribution in [0.2, 0.25) is 0 Å². The Labute approximate surface area is 58.2 Å². The number of hydrogen-bond acceptors (Lipinski definition) is 4. The van der Waals surface area contributed by atoms with Crippen molar-refractivity contribution >= 4 is 6.21 Å². The molecule has 0 aliphatic rings. The third-order valence-corrected chi connectivity index (χ3v) is 1.01. The Bertz CT molecular complexity index is 247. The quantitative estimate of drug-likeness (QED) is 0.350. The average Bonchev–Trinajstić information content (AvgIpc) is 1.88. The van der Waals surface area contributed by atoms with Gasteiger partial charge in [-0.05, 0) is 13.0 Å². The standard InChI is InChI=1S/C6H7N3O/c1-5-2-6(3-9-10)8-4-7-5/h2-4,10H,1H3. The highest BCUT2D eigenvalue weighted by Crippen LogP contribution is 1.91. The molecule has 0 amide bonds. The van der Waals surface area contributed by atoms with E-state index in [-0.39, 0.29) is 0 Å². The number of rotatable bonds is 1. The molecule has 1 aromatic heterocycles. The zero-order valence-electron chi connectivity index (χ0n) is 5.52. The smallest absolute Gasteiger partial charge is 0.116 e. The molecular weight excluding hydrogens is 130 g/mol. The fourth-order valence-corrected chi connectivity index (χ4v) is 0.605. The summed E-state index contributed by atoms with van der Waals surface area (Å²) in [4.78, 5) is 7.68. The van der Waals surface area contributed by atoms with Crippen molar-refractivity contribution < 1.29 is 5.21 Å². The van der Waals surface area contributed by atoms with Crippen molar-refractivity contribution in [3.63, 3.8) is 0 Å². The molecule has 0 aromatic carbocycles. The van der Waals surface area contributed by atoms with Crippen molar-refractivity contribution in [2.24, 2.45) is 5.16 Å². The lowest BCUT2D eigenvalue weighted by Gasteiger charge is -1.90. The van der Waals surface area contributed by atoms with Crippen LogP contribution in [-0.4, -0.2) is 21.4 Å². The second kappa shape index (κ2) is 2.91. The lowest BCUT2D eigenvalue weighted by Crippen LogP contribution is -1.90. The fraction of sp³-hybridized carbons (Fsp3) is 0.167. The largest absolute Gasteiger partial charge is 0.411 e. The number of nitrogens with zero attached hydrogens (tertiary/aromatic N) is 3. The maximum Gasteiger partial charge on any atom is 0.116 e. The van der Waals surface area contributed by atoms with Crippen molar-refractivity contribution in [1.29, 1.82) is 0 Å². The minimum atomic E-state index is 0.606. The van der Waals surface area contributed by atoms with Gasteiger partial charge in [0.1, 0.15) is 6.33 Å². The first-order valence-corrected chi connectivity index (χ1v) is 2.79. The van der Waals surface area contributed by atoms with E-state index in [0.717, 1.165) is 5.69 Å². The summed E-state index contributed by atoms with van der Waals surface area (Å²) >= 11 is 0. The first-order valence-electron chi connectivity index (χ1n) is 2.79. The van der Waals surface area contributed by atoms with Gasteiger partial charge < -0.3 is 5.21 Å². The minimum Gasteiger partial charge on any atom is -0.411 e. The van der Waals surface area contributed by atoms with Crippen LogP contribution in [0.1, 0.15) is 11.4 Å². The van der Waals surface area contributed by atoms with Gasteiger partial charge in [-0.15, -0.1) is 0 Å². The summed E-state index contributed by atoms with van der Waals surface area (Å²) in [5, 5.41) is 11.0. The monoisotopic (exact) mass is 137 g/mol. The van der Waals surface area contributed by atoms with Crippen LogP contribution in [0, 0.1) is 6.92 Å². The molecule has 10 heavy (non-hydrogen) atoms. The Morgan fingerprint density at radius 1 is 1.60 bits per heavy atom. The van der Waals surface area contributed by atoms with E-state index < -0.39 is 0 Å². The molecule has 0 aliphatic carbocycles. The maximum absolute atomic E-state index is 8.12. The number of oxime groups is 1. The summed E-state index contributed by atoms with van der Waals surface area (Å²) in [5.41, 5.74) is 1.46. The van der Waals surface area contributed by atoms with Gasteiger partial charge in [-0.3, -0.25) is 0 Å². The van der Waals surface area contributed by atoms with E-state index in [9.17, 15) is 0 Å². The first-order chi connectivity index (χ1) is 4.83. The highest BCUT2D eigenvalue weighted by molar-refractivity contribution is 5.76. The number of hydrogen-bond donors (Lipinski definition) is 1. The Balaban J connectivity index is 2.95. The average molecular weight is 137 g/mol. The van der Waals surface area contributed by atoms with Gasteiger partial charge in [0.25, 0.3) is 0 Å². The maximum atomic E-state index is 8.12. The number of aromatic nitrogens is 2. The second-order valence-electron chi connectivity index (χ2n) is 1.83. The molecule has 0 fully saturated rings. The highest BCUT2D eigenvalue weighted by atomic mass is 16.4. The molecule has 0 aliphatic heterocycles. The third kappa shape index (κ3) is 1.51. The highest BCUT2D eigenvalue weighted by Gasteiger charge is 1.88. The van der Waals surface area contributed by atoms with E-state index in [1.165, 1.54) is 12.5 Å². The summed E-state index contributed by atoms with van der Waals surface area (Å²) in [6.45, 7) is 1.84. The van der Waals surface area contributed by atoms with E-state index in [1.807, 2.05) is 6.92 Å². The summed E-state index contributed by atoms with van der Waals surface area (Å²) < 4.78 is 0. The van der Waals surface area contributed by atoms with Crippen molar-refractivity contribution in [2.45, 2.75) is 6.92 Å². The normalized spacial score (nSPS) is 10.5. The van der Waals surface area contributed by atoms with Gasteiger partial charge in [0.05, 0.1) is 11.9 Å². The predicted octanol–water partition coefficient (Wildman–Crippen LogP) is 0.593. The molecule has 52 valence electrons. The van der Waals surface area contributed by atoms with Crippen molar-refractivity contribution in [2.75, 3.05) is 0 Å². The van der Waals surface area contributed by atoms with E-state index in [1.54, 1.807) is 6.07 Å². The molecule has 0 unspecified atom stereocenters. The molecule has 0 atom stereocenters. The first kappa shape index (κ1) is 6.67. The third-order valence-electron chi connectivity index (χ3n) is 1.01. The predicted molar refractivity (Wildman–Crippen MR) is 36.1 cm³/mol. The van der Waals surface area contributed by atoms with Gasteiger partial charge in [-0.2, -0.15) is 0 Å². The van der Waals surface area contributed by atoms with Crippen LogP contribution in [0.5, 0.6) is 0 Å². The van der Waals surface area contributed by atoms with Crippen LogP contribution < -0.4 is 0 Å². The van der Waals surface area contributed by atoms with Crippen molar-refractivity contribution in [3.05, 3.63) is 23.8 Å². The van der Waals surface area contributed by atoms with Gasteiger partial charge in [-0.25, -0.2) is 9.97 Å². The Hall–Kier alpha value is -1.45. The van der Waals surface area contributed by atoms with Crippen molar-refractivity contribution in [3.8, 4) is 0 Å². The van der Waals surface area contributed by atoms with Crippen LogP contribution in [0.3, 0.4) is 0 Å². The molecular formula is C6H7N3O. The van der Waals surface area contributed by atoms with E-state index >= 15 is 0 Å². The molecule has 0 saturated heterocycles. The zero-order chi connectivity index (χ0) is 7.40. The molecule has 0 bridgehead atoms. The topological polar surface area (TPSA) is 58.4 Å². The van der Waals surface area contributed by atoms with Crippen LogP contribution in [-0.2, 0) is 0 Å². The molecule has 4 nitrogen and oxygen atoms in total. The minimum absolute atomic E-state index is 0.606.